The maximum Gasteiger partial charge on any atom is 0.272 e. The van der Waals surface area contributed by atoms with Crippen molar-refractivity contribution in [3.8, 4) is 11.3 Å². The molecule has 2 aromatic rings. The molecule has 24 heavy (non-hydrogen) atoms. The number of aryl methyl sites for hydroxylation is 1. The van der Waals surface area contributed by atoms with Crippen LogP contribution in [0.25, 0.3) is 11.3 Å². The van der Waals surface area contributed by atoms with Gasteiger partial charge in [-0.3, -0.25) is 9.48 Å². The first-order valence-corrected chi connectivity index (χ1v) is 8.95. The van der Waals surface area contributed by atoms with Crippen LogP contribution in [-0.2, 0) is 17.5 Å². The van der Waals surface area contributed by atoms with E-state index < -0.39 is 0 Å². The van der Waals surface area contributed by atoms with Crippen LogP contribution in [0.4, 0.5) is 4.39 Å². The standard InChI is InChI=1S/C17H20FN3O2S/c1-3-23-8-4-7-19-17(22)15-13-10-24-14-6-5-11(18)9-12(14)16(13)21(2)20-15/h5-6,9H,3-4,7-8,10H2,1-2H3,(H,19,22). The Morgan fingerprint density at radius 1 is 1.50 bits per heavy atom. The molecular weight excluding hydrogens is 329 g/mol. The molecule has 128 valence electrons. The van der Waals surface area contributed by atoms with Crippen molar-refractivity contribution in [1.29, 1.82) is 0 Å². The molecule has 0 bridgehead atoms. The Morgan fingerprint density at radius 3 is 3.12 bits per heavy atom. The molecule has 2 heterocycles. The zero-order chi connectivity index (χ0) is 17.1. The normalized spacial score (nSPS) is 12.6. The Labute approximate surface area is 144 Å². The number of rotatable bonds is 6. The highest BCUT2D eigenvalue weighted by Crippen LogP contribution is 2.42. The van der Waals surface area contributed by atoms with Crippen LogP contribution in [-0.4, -0.2) is 35.4 Å². The first kappa shape index (κ1) is 17.0. The molecule has 3 rings (SSSR count). The van der Waals surface area contributed by atoms with Crippen LogP contribution >= 0.6 is 11.8 Å². The molecule has 0 atom stereocenters. The van der Waals surface area contributed by atoms with E-state index in [9.17, 15) is 9.18 Å². The van der Waals surface area contributed by atoms with Gasteiger partial charge in [-0.05, 0) is 31.5 Å². The van der Waals surface area contributed by atoms with Crippen LogP contribution in [0.5, 0.6) is 0 Å². The second-order valence-electron chi connectivity index (χ2n) is 5.53. The number of hydrogen-bond acceptors (Lipinski definition) is 4. The minimum absolute atomic E-state index is 0.191. The Balaban J connectivity index is 1.81. The summed E-state index contributed by atoms with van der Waals surface area (Å²) in [5.41, 5.74) is 2.91. The molecule has 7 heteroatoms. The monoisotopic (exact) mass is 349 g/mol. The summed E-state index contributed by atoms with van der Waals surface area (Å²) in [6.07, 6.45) is 0.761. The SMILES string of the molecule is CCOCCCNC(=O)c1nn(C)c2c1CSc1ccc(F)cc1-2. The minimum atomic E-state index is -0.287. The molecular formula is C17H20FN3O2S. The van der Waals surface area contributed by atoms with Crippen molar-refractivity contribution in [3.63, 3.8) is 0 Å². The van der Waals surface area contributed by atoms with Gasteiger partial charge in [0, 0.05) is 48.6 Å². The molecule has 1 aromatic heterocycles. The van der Waals surface area contributed by atoms with Gasteiger partial charge in [-0.2, -0.15) is 5.10 Å². The lowest BCUT2D eigenvalue weighted by Crippen LogP contribution is -2.26. The number of nitrogens with zero attached hydrogens (tertiary/aromatic N) is 2. The van der Waals surface area contributed by atoms with Crippen molar-refractivity contribution in [1.82, 2.24) is 15.1 Å². The summed E-state index contributed by atoms with van der Waals surface area (Å²) >= 11 is 1.60. The number of amides is 1. The Morgan fingerprint density at radius 2 is 2.33 bits per heavy atom. The second kappa shape index (κ2) is 7.36. The smallest absolute Gasteiger partial charge is 0.272 e. The molecule has 1 aliphatic rings. The summed E-state index contributed by atoms with van der Waals surface area (Å²) in [5, 5.41) is 7.25. The number of ether oxygens (including phenoxy) is 1. The molecule has 0 fully saturated rings. The summed E-state index contributed by atoms with van der Waals surface area (Å²) in [5.74, 6) is 0.179. The summed E-state index contributed by atoms with van der Waals surface area (Å²) in [4.78, 5) is 13.4. The number of hydrogen-bond donors (Lipinski definition) is 1. The lowest BCUT2D eigenvalue weighted by Gasteiger charge is -2.17. The third-order valence-electron chi connectivity index (χ3n) is 3.88. The van der Waals surface area contributed by atoms with Gasteiger partial charge >= 0.3 is 0 Å². The highest BCUT2D eigenvalue weighted by Gasteiger charge is 2.27. The van der Waals surface area contributed by atoms with E-state index in [0.29, 0.717) is 31.2 Å². The lowest BCUT2D eigenvalue weighted by molar-refractivity contribution is 0.0938. The van der Waals surface area contributed by atoms with E-state index in [1.807, 2.05) is 6.92 Å². The van der Waals surface area contributed by atoms with Crippen molar-refractivity contribution in [3.05, 3.63) is 35.3 Å². The molecule has 0 unspecified atom stereocenters. The van der Waals surface area contributed by atoms with Crippen molar-refractivity contribution in [2.24, 2.45) is 7.05 Å². The fraction of sp³-hybridized carbons (Fsp3) is 0.412. The van der Waals surface area contributed by atoms with Gasteiger partial charge in [0.25, 0.3) is 5.91 Å². The van der Waals surface area contributed by atoms with Gasteiger partial charge in [0.05, 0.1) is 5.69 Å². The molecule has 1 N–H and O–H groups in total. The summed E-state index contributed by atoms with van der Waals surface area (Å²) in [6, 6.07) is 4.74. The average Bonchev–Trinajstić information content (AvgIpc) is 2.92. The van der Waals surface area contributed by atoms with Crippen LogP contribution in [0, 0.1) is 5.82 Å². The largest absolute Gasteiger partial charge is 0.382 e. The number of aromatic nitrogens is 2. The zero-order valence-electron chi connectivity index (χ0n) is 13.8. The van der Waals surface area contributed by atoms with Gasteiger partial charge in [0.2, 0.25) is 0 Å². The summed E-state index contributed by atoms with van der Waals surface area (Å²) in [7, 11) is 1.79. The van der Waals surface area contributed by atoms with Gasteiger partial charge in [-0.15, -0.1) is 11.8 Å². The second-order valence-corrected chi connectivity index (χ2v) is 6.55. The Hall–Kier alpha value is -1.86. The number of carbonyl (C=O) groups is 1. The first-order valence-electron chi connectivity index (χ1n) is 7.96. The summed E-state index contributed by atoms with van der Waals surface area (Å²) < 4.78 is 20.5. The molecule has 0 saturated heterocycles. The highest BCUT2D eigenvalue weighted by atomic mass is 32.2. The van der Waals surface area contributed by atoms with Crippen LogP contribution < -0.4 is 5.32 Å². The number of thioether (sulfide) groups is 1. The quantitative estimate of drug-likeness (QED) is 0.815. The van der Waals surface area contributed by atoms with E-state index in [-0.39, 0.29) is 11.7 Å². The maximum atomic E-state index is 13.6. The topological polar surface area (TPSA) is 56.1 Å². The number of fused-ring (bicyclic) bond motifs is 3. The summed E-state index contributed by atoms with van der Waals surface area (Å²) in [6.45, 7) is 3.79. The van der Waals surface area contributed by atoms with Crippen molar-refractivity contribution < 1.29 is 13.9 Å². The van der Waals surface area contributed by atoms with Crippen molar-refractivity contribution in [2.75, 3.05) is 19.8 Å². The number of nitrogens with one attached hydrogen (secondary N) is 1. The minimum Gasteiger partial charge on any atom is -0.382 e. The van der Waals surface area contributed by atoms with Crippen molar-refractivity contribution >= 4 is 17.7 Å². The Kier molecular flexibility index (Phi) is 5.20. The fourth-order valence-corrected chi connectivity index (χ4v) is 3.84. The first-order chi connectivity index (χ1) is 11.6. The third-order valence-corrected chi connectivity index (χ3v) is 4.98. The fourth-order valence-electron chi connectivity index (χ4n) is 2.79. The molecule has 1 aliphatic heterocycles. The van der Waals surface area contributed by atoms with Crippen molar-refractivity contribution in [2.45, 2.75) is 24.0 Å². The molecule has 0 spiro atoms. The number of carbonyl (C=O) groups excluding carboxylic acids is 1. The average molecular weight is 349 g/mol. The molecule has 1 amide bonds. The van der Waals surface area contributed by atoms with Crippen LogP contribution in [0.2, 0.25) is 0 Å². The van der Waals surface area contributed by atoms with E-state index in [4.69, 9.17) is 4.74 Å². The third kappa shape index (κ3) is 3.32. The van der Waals surface area contributed by atoms with Crippen LogP contribution in [0.3, 0.4) is 0 Å². The number of halogens is 1. The van der Waals surface area contributed by atoms with Gasteiger partial charge in [-0.1, -0.05) is 0 Å². The van der Waals surface area contributed by atoms with Crippen LogP contribution in [0.15, 0.2) is 23.1 Å². The van der Waals surface area contributed by atoms with Gasteiger partial charge in [0.1, 0.15) is 5.82 Å². The Bertz CT molecular complexity index is 761. The van der Waals surface area contributed by atoms with E-state index in [2.05, 4.69) is 10.4 Å². The van der Waals surface area contributed by atoms with E-state index >= 15 is 0 Å². The predicted octanol–water partition coefficient (Wildman–Crippen LogP) is 2.99. The zero-order valence-corrected chi connectivity index (χ0v) is 14.6. The predicted molar refractivity (Wildman–Crippen MR) is 91.6 cm³/mol. The maximum absolute atomic E-state index is 13.6. The van der Waals surface area contributed by atoms with Gasteiger partial charge in [-0.25, -0.2) is 4.39 Å². The van der Waals surface area contributed by atoms with Gasteiger partial charge < -0.3 is 10.1 Å². The van der Waals surface area contributed by atoms with Crippen LogP contribution in [0.1, 0.15) is 29.4 Å². The van der Waals surface area contributed by atoms with E-state index in [1.165, 1.54) is 12.1 Å². The molecule has 0 radical (unpaired) electrons. The molecule has 1 aromatic carbocycles. The molecule has 5 nitrogen and oxygen atoms in total. The highest BCUT2D eigenvalue weighted by molar-refractivity contribution is 7.98. The van der Waals surface area contributed by atoms with E-state index in [1.54, 1.807) is 29.6 Å². The lowest BCUT2D eigenvalue weighted by atomic mass is 10.1. The van der Waals surface area contributed by atoms with E-state index in [0.717, 1.165) is 28.1 Å². The molecule has 0 saturated carbocycles. The van der Waals surface area contributed by atoms with Gasteiger partial charge in [0.15, 0.2) is 5.69 Å². The number of benzene rings is 1. The molecule has 0 aliphatic carbocycles.